The normalized spacial score (nSPS) is 13.1. The monoisotopic (exact) mass is 448 g/mol. The lowest BCUT2D eigenvalue weighted by atomic mass is 10.0. The molecule has 0 saturated carbocycles. The number of carbonyl (C=O) groups is 2. The van der Waals surface area contributed by atoms with Gasteiger partial charge in [-0.1, -0.05) is 31.2 Å². The first-order valence-corrected chi connectivity index (χ1v) is 11.0. The van der Waals surface area contributed by atoms with Crippen LogP contribution in [0.4, 0.5) is 5.69 Å². The van der Waals surface area contributed by atoms with Crippen LogP contribution in [-0.4, -0.2) is 40.3 Å². The molecular weight excluding hydrogens is 420 g/mol. The molecule has 8 nitrogen and oxygen atoms in total. The van der Waals surface area contributed by atoms with Gasteiger partial charge in [0.25, 0.3) is 11.7 Å². The summed E-state index contributed by atoms with van der Waals surface area (Å²) in [5, 5.41) is 8.37. The average molecular weight is 449 g/mol. The highest BCUT2D eigenvalue weighted by atomic mass is 16.5. The zero-order valence-electron chi connectivity index (χ0n) is 19.4. The number of aryl methyl sites for hydroxylation is 2. The lowest BCUT2D eigenvalue weighted by Gasteiger charge is -2.16. The highest BCUT2D eigenvalue weighted by molar-refractivity contribution is 6.52. The molecule has 0 spiro atoms. The fraction of sp³-hybridized carbons (Fsp3) is 0.360. The summed E-state index contributed by atoms with van der Waals surface area (Å²) in [7, 11) is 1.53. The van der Waals surface area contributed by atoms with Crippen molar-refractivity contribution in [3.8, 4) is 11.5 Å². The van der Waals surface area contributed by atoms with E-state index in [2.05, 4.69) is 36.3 Å². The van der Waals surface area contributed by atoms with E-state index >= 15 is 0 Å². The number of nitrogens with zero attached hydrogens (tertiary/aromatic N) is 4. The molecule has 0 N–H and O–H groups in total. The number of ether oxygens (including phenoxy) is 2. The summed E-state index contributed by atoms with van der Waals surface area (Å²) in [5.41, 5.74) is 4.05. The fourth-order valence-corrected chi connectivity index (χ4v) is 3.93. The van der Waals surface area contributed by atoms with Crippen LogP contribution in [0.2, 0.25) is 0 Å². The van der Waals surface area contributed by atoms with E-state index in [0.717, 1.165) is 22.6 Å². The summed E-state index contributed by atoms with van der Waals surface area (Å²) in [6, 6.07) is 11.3. The van der Waals surface area contributed by atoms with Gasteiger partial charge in [0.15, 0.2) is 0 Å². The van der Waals surface area contributed by atoms with Crippen LogP contribution in [0.25, 0.3) is 0 Å². The standard InChI is InChI=1S/C25H28N4O4/c1-16(2)20-8-6-17(3)12-23(20)33-15-18-14-28(27-26-18)10-5-11-29-22-9-7-19(32-4)13-21(22)24(30)25(29)31/h6-9,12-14,16H,5,10-11,15H2,1-4H3. The quantitative estimate of drug-likeness (QED) is 0.461. The molecule has 0 radical (unpaired) electrons. The molecule has 0 saturated heterocycles. The number of benzene rings is 2. The van der Waals surface area contributed by atoms with E-state index in [-0.39, 0.29) is 0 Å². The van der Waals surface area contributed by atoms with Gasteiger partial charge < -0.3 is 14.4 Å². The Hall–Kier alpha value is -3.68. The van der Waals surface area contributed by atoms with Crippen molar-refractivity contribution in [3.63, 3.8) is 0 Å². The molecule has 3 aromatic rings. The summed E-state index contributed by atoms with van der Waals surface area (Å²) in [6.45, 7) is 7.63. The van der Waals surface area contributed by atoms with Crippen LogP contribution in [-0.2, 0) is 17.9 Å². The zero-order valence-corrected chi connectivity index (χ0v) is 19.4. The molecule has 1 aromatic heterocycles. The third-order valence-electron chi connectivity index (χ3n) is 5.70. The second kappa shape index (κ2) is 9.44. The minimum atomic E-state index is -0.509. The van der Waals surface area contributed by atoms with Gasteiger partial charge >= 0.3 is 0 Å². The van der Waals surface area contributed by atoms with Gasteiger partial charge in [0, 0.05) is 13.1 Å². The molecule has 33 heavy (non-hydrogen) atoms. The summed E-state index contributed by atoms with van der Waals surface area (Å²) in [6.07, 6.45) is 2.48. The smallest absolute Gasteiger partial charge is 0.299 e. The first-order valence-electron chi connectivity index (χ1n) is 11.0. The van der Waals surface area contributed by atoms with Crippen molar-refractivity contribution in [2.24, 2.45) is 0 Å². The van der Waals surface area contributed by atoms with E-state index in [4.69, 9.17) is 9.47 Å². The second-order valence-corrected chi connectivity index (χ2v) is 8.48. The maximum Gasteiger partial charge on any atom is 0.299 e. The number of carbonyl (C=O) groups excluding carboxylic acids is 2. The van der Waals surface area contributed by atoms with Crippen LogP contribution < -0.4 is 14.4 Å². The number of anilines is 1. The number of rotatable bonds is 9. The average Bonchev–Trinajstić information content (AvgIpc) is 3.35. The summed E-state index contributed by atoms with van der Waals surface area (Å²) < 4.78 is 12.9. The molecular formula is C25H28N4O4. The Morgan fingerprint density at radius 3 is 2.64 bits per heavy atom. The number of aromatic nitrogens is 3. The fourth-order valence-electron chi connectivity index (χ4n) is 3.93. The molecule has 2 heterocycles. The van der Waals surface area contributed by atoms with Gasteiger partial charge in [-0.05, 0) is 54.7 Å². The molecule has 1 aliphatic rings. The number of ketones is 1. The Kier molecular flexibility index (Phi) is 6.44. The van der Waals surface area contributed by atoms with Gasteiger partial charge in [0.05, 0.1) is 24.6 Å². The van der Waals surface area contributed by atoms with E-state index in [1.807, 2.05) is 19.2 Å². The van der Waals surface area contributed by atoms with E-state index in [1.165, 1.54) is 12.0 Å². The highest BCUT2D eigenvalue weighted by Gasteiger charge is 2.35. The molecule has 4 rings (SSSR count). The van der Waals surface area contributed by atoms with Crippen molar-refractivity contribution in [3.05, 3.63) is 65.0 Å². The summed E-state index contributed by atoms with van der Waals surface area (Å²) in [5.74, 6) is 0.779. The molecule has 0 fully saturated rings. The molecule has 172 valence electrons. The number of amides is 1. The van der Waals surface area contributed by atoms with Crippen molar-refractivity contribution in [2.75, 3.05) is 18.6 Å². The number of hydrogen-bond acceptors (Lipinski definition) is 6. The van der Waals surface area contributed by atoms with Gasteiger partial charge in [-0.25, -0.2) is 0 Å². The van der Waals surface area contributed by atoms with E-state index in [1.54, 1.807) is 22.9 Å². The van der Waals surface area contributed by atoms with E-state index in [9.17, 15) is 9.59 Å². The van der Waals surface area contributed by atoms with Gasteiger partial charge in [-0.3, -0.25) is 14.3 Å². The third kappa shape index (κ3) is 4.74. The maximum atomic E-state index is 12.4. The van der Waals surface area contributed by atoms with Crippen LogP contribution in [0.15, 0.2) is 42.6 Å². The van der Waals surface area contributed by atoms with Crippen molar-refractivity contribution in [2.45, 2.75) is 46.3 Å². The van der Waals surface area contributed by atoms with E-state index < -0.39 is 11.7 Å². The van der Waals surface area contributed by atoms with Crippen LogP contribution in [0.1, 0.15) is 53.4 Å². The molecule has 0 unspecified atom stereocenters. The maximum absolute atomic E-state index is 12.4. The van der Waals surface area contributed by atoms with Gasteiger partial charge in [0.1, 0.15) is 23.8 Å². The van der Waals surface area contributed by atoms with Gasteiger partial charge in [0.2, 0.25) is 0 Å². The van der Waals surface area contributed by atoms with Crippen molar-refractivity contribution in [1.82, 2.24) is 15.0 Å². The molecule has 1 amide bonds. The van der Waals surface area contributed by atoms with Crippen molar-refractivity contribution < 1.29 is 19.1 Å². The van der Waals surface area contributed by atoms with Crippen molar-refractivity contribution >= 4 is 17.4 Å². The van der Waals surface area contributed by atoms with Crippen LogP contribution in [0, 0.1) is 6.92 Å². The number of methoxy groups -OCH3 is 1. The first kappa shape index (κ1) is 22.5. The first-order chi connectivity index (χ1) is 15.9. The Morgan fingerprint density at radius 1 is 1.06 bits per heavy atom. The predicted molar refractivity (Wildman–Crippen MR) is 124 cm³/mol. The van der Waals surface area contributed by atoms with Crippen LogP contribution >= 0.6 is 0 Å². The molecule has 8 heteroatoms. The summed E-state index contributed by atoms with van der Waals surface area (Å²) in [4.78, 5) is 26.2. The largest absolute Gasteiger partial charge is 0.497 e. The Labute approximate surface area is 193 Å². The Morgan fingerprint density at radius 2 is 1.88 bits per heavy atom. The number of fused-ring (bicyclic) bond motifs is 1. The van der Waals surface area contributed by atoms with Crippen LogP contribution in [0.5, 0.6) is 11.5 Å². The highest BCUT2D eigenvalue weighted by Crippen LogP contribution is 2.32. The SMILES string of the molecule is COc1ccc2c(c1)C(=O)C(=O)N2CCCn1cc(COc2cc(C)ccc2C(C)C)nn1. The lowest BCUT2D eigenvalue weighted by molar-refractivity contribution is -0.114. The Bertz CT molecular complexity index is 1180. The number of hydrogen-bond donors (Lipinski definition) is 0. The molecule has 1 aliphatic heterocycles. The lowest BCUT2D eigenvalue weighted by Crippen LogP contribution is -2.31. The minimum absolute atomic E-state index is 0.331. The minimum Gasteiger partial charge on any atom is -0.497 e. The number of Topliss-reactive ketones (excluding diaryl/α,β-unsaturated/α-hetero) is 1. The third-order valence-corrected chi connectivity index (χ3v) is 5.70. The second-order valence-electron chi connectivity index (χ2n) is 8.48. The van der Waals surface area contributed by atoms with Crippen LogP contribution in [0.3, 0.4) is 0 Å². The van der Waals surface area contributed by atoms with Crippen molar-refractivity contribution in [1.29, 1.82) is 0 Å². The molecule has 0 bridgehead atoms. The Balaban J connectivity index is 1.34. The summed E-state index contributed by atoms with van der Waals surface area (Å²) >= 11 is 0. The molecule has 0 aliphatic carbocycles. The van der Waals surface area contributed by atoms with Gasteiger partial charge in [-0.15, -0.1) is 5.10 Å². The van der Waals surface area contributed by atoms with Gasteiger partial charge in [-0.2, -0.15) is 0 Å². The predicted octanol–water partition coefficient (Wildman–Crippen LogP) is 3.92. The molecule has 2 aromatic carbocycles. The zero-order chi connectivity index (χ0) is 23.5. The van der Waals surface area contributed by atoms with E-state index in [0.29, 0.717) is 49.0 Å². The molecule has 0 atom stereocenters. The topological polar surface area (TPSA) is 86.6 Å².